The fourth-order valence-electron chi connectivity index (χ4n) is 2.88. The molecule has 3 heterocycles. The van der Waals surface area contributed by atoms with Gasteiger partial charge in [0.15, 0.2) is 0 Å². The van der Waals surface area contributed by atoms with Gasteiger partial charge in [0.1, 0.15) is 17.9 Å². The van der Waals surface area contributed by atoms with E-state index in [0.29, 0.717) is 24.0 Å². The molecule has 0 N–H and O–H groups in total. The zero-order valence-electron chi connectivity index (χ0n) is 15.8. The summed E-state index contributed by atoms with van der Waals surface area (Å²) in [6.07, 6.45) is 0.745. The molecule has 3 aromatic rings. The maximum atomic E-state index is 12.8. The van der Waals surface area contributed by atoms with Crippen LogP contribution in [-0.2, 0) is 17.9 Å². The van der Waals surface area contributed by atoms with Crippen LogP contribution in [0.2, 0.25) is 0 Å². The number of aromatic nitrogens is 4. The molecule has 0 aliphatic carbocycles. The predicted octanol–water partition coefficient (Wildman–Crippen LogP) is 2.96. The van der Waals surface area contributed by atoms with Crippen LogP contribution in [0.25, 0.3) is 10.8 Å². The number of aryl methyl sites for hydroxylation is 1. The summed E-state index contributed by atoms with van der Waals surface area (Å²) in [5, 5.41) is 25.3. The van der Waals surface area contributed by atoms with E-state index < -0.39 is 4.92 Å². The zero-order valence-corrected chi connectivity index (χ0v) is 16.6. The van der Waals surface area contributed by atoms with Gasteiger partial charge in [-0.15, -0.1) is 21.5 Å². The Morgan fingerprint density at radius 3 is 2.79 bits per heavy atom. The first-order chi connectivity index (χ1) is 13.4. The molecule has 0 aromatic carbocycles. The van der Waals surface area contributed by atoms with Crippen LogP contribution in [0, 0.1) is 24.0 Å². The number of rotatable bonds is 8. The van der Waals surface area contributed by atoms with Crippen LogP contribution in [0.5, 0.6) is 0 Å². The van der Waals surface area contributed by atoms with Crippen molar-refractivity contribution in [2.75, 3.05) is 6.54 Å². The minimum atomic E-state index is -0.479. The Morgan fingerprint density at radius 1 is 1.39 bits per heavy atom. The summed E-state index contributed by atoms with van der Waals surface area (Å²) in [6.45, 7) is 5.68. The molecule has 0 saturated carbocycles. The first kappa shape index (κ1) is 19.7. The van der Waals surface area contributed by atoms with Gasteiger partial charge in [0, 0.05) is 6.54 Å². The highest BCUT2D eigenvalue weighted by molar-refractivity contribution is 7.13. The SMILES string of the molecule is CCCN(Cc1nnc(-c2cccs2)o1)C(=O)Cn1nc(C)c([N+](=O)[O-])c1C. The van der Waals surface area contributed by atoms with Crippen molar-refractivity contribution in [3.63, 3.8) is 0 Å². The molecule has 0 fully saturated rings. The number of thiophene rings is 1. The summed E-state index contributed by atoms with van der Waals surface area (Å²) in [4.78, 5) is 25.9. The highest BCUT2D eigenvalue weighted by Crippen LogP contribution is 2.24. The minimum absolute atomic E-state index is 0.0627. The molecule has 3 rings (SSSR count). The van der Waals surface area contributed by atoms with Crippen molar-refractivity contribution < 1.29 is 14.1 Å². The fourth-order valence-corrected chi connectivity index (χ4v) is 3.52. The maximum absolute atomic E-state index is 12.8. The number of carbonyl (C=O) groups is 1. The third-order valence-electron chi connectivity index (χ3n) is 4.18. The van der Waals surface area contributed by atoms with E-state index in [9.17, 15) is 14.9 Å². The Morgan fingerprint density at radius 2 is 2.18 bits per heavy atom. The molecule has 0 saturated heterocycles. The number of nitrogens with zero attached hydrogens (tertiary/aromatic N) is 6. The molecule has 0 aliphatic rings. The number of nitro groups is 1. The summed E-state index contributed by atoms with van der Waals surface area (Å²) in [5.74, 6) is 0.533. The molecular formula is C17H20N6O4S. The van der Waals surface area contributed by atoms with Gasteiger partial charge in [0.25, 0.3) is 5.89 Å². The molecule has 28 heavy (non-hydrogen) atoms. The Kier molecular flexibility index (Phi) is 5.83. The second-order valence-electron chi connectivity index (χ2n) is 6.23. The summed E-state index contributed by atoms with van der Waals surface area (Å²) >= 11 is 1.49. The van der Waals surface area contributed by atoms with Gasteiger partial charge in [0.05, 0.1) is 16.3 Å². The smallest absolute Gasteiger partial charge is 0.312 e. The topological polar surface area (TPSA) is 120 Å². The third-order valence-corrected chi connectivity index (χ3v) is 5.04. The summed E-state index contributed by atoms with van der Waals surface area (Å²) in [5.41, 5.74) is 0.576. The van der Waals surface area contributed by atoms with Gasteiger partial charge < -0.3 is 9.32 Å². The van der Waals surface area contributed by atoms with E-state index in [4.69, 9.17) is 4.42 Å². The molecule has 0 unspecified atom stereocenters. The van der Waals surface area contributed by atoms with Crippen LogP contribution in [0.4, 0.5) is 5.69 Å². The molecule has 0 spiro atoms. The molecule has 1 amide bonds. The van der Waals surface area contributed by atoms with Crippen molar-refractivity contribution >= 4 is 22.9 Å². The lowest BCUT2D eigenvalue weighted by molar-refractivity contribution is -0.386. The van der Waals surface area contributed by atoms with Crippen LogP contribution in [0.3, 0.4) is 0 Å². The van der Waals surface area contributed by atoms with Crippen molar-refractivity contribution in [1.29, 1.82) is 0 Å². The molecule has 0 radical (unpaired) electrons. The number of hydrogen-bond donors (Lipinski definition) is 0. The van der Waals surface area contributed by atoms with Gasteiger partial charge in [0.2, 0.25) is 11.8 Å². The third kappa shape index (κ3) is 4.09. The van der Waals surface area contributed by atoms with E-state index in [1.807, 2.05) is 24.4 Å². The lowest BCUT2D eigenvalue weighted by Crippen LogP contribution is -2.34. The van der Waals surface area contributed by atoms with Crippen molar-refractivity contribution in [3.05, 3.63) is 44.9 Å². The molecule has 0 bridgehead atoms. The van der Waals surface area contributed by atoms with Gasteiger partial charge in [-0.25, -0.2) is 0 Å². The average molecular weight is 404 g/mol. The second kappa shape index (κ2) is 8.30. The van der Waals surface area contributed by atoms with Crippen molar-refractivity contribution in [2.24, 2.45) is 0 Å². The Balaban J connectivity index is 1.74. The van der Waals surface area contributed by atoms with Gasteiger partial charge in [-0.1, -0.05) is 13.0 Å². The van der Waals surface area contributed by atoms with E-state index >= 15 is 0 Å². The quantitative estimate of drug-likeness (QED) is 0.418. The zero-order chi connectivity index (χ0) is 20.3. The molecule has 148 valence electrons. The first-order valence-electron chi connectivity index (χ1n) is 8.73. The highest BCUT2D eigenvalue weighted by Gasteiger charge is 2.25. The monoisotopic (exact) mass is 404 g/mol. The summed E-state index contributed by atoms with van der Waals surface area (Å²) in [6, 6.07) is 3.77. The van der Waals surface area contributed by atoms with Gasteiger partial charge in [-0.05, 0) is 31.7 Å². The molecule has 3 aromatic heterocycles. The number of hydrogen-bond acceptors (Lipinski definition) is 8. The van der Waals surface area contributed by atoms with Crippen LogP contribution in [0.1, 0.15) is 30.6 Å². The van der Waals surface area contributed by atoms with Crippen LogP contribution in [0.15, 0.2) is 21.9 Å². The standard InChI is InChI=1S/C17H20N6O4S/c1-4-7-21(9-14-18-19-17(27-14)13-6-5-8-28-13)15(24)10-22-12(3)16(23(25)26)11(2)20-22/h5-6,8H,4,7,9-10H2,1-3H3. The highest BCUT2D eigenvalue weighted by atomic mass is 32.1. The fraction of sp³-hybridized carbons (Fsp3) is 0.412. The normalized spacial score (nSPS) is 11.0. The molecule has 10 nitrogen and oxygen atoms in total. The lowest BCUT2D eigenvalue weighted by Gasteiger charge is -2.20. The van der Waals surface area contributed by atoms with Gasteiger partial charge in [-0.2, -0.15) is 5.10 Å². The summed E-state index contributed by atoms with van der Waals surface area (Å²) in [7, 11) is 0. The molecule has 0 atom stereocenters. The largest absolute Gasteiger partial charge is 0.418 e. The minimum Gasteiger partial charge on any atom is -0.418 e. The number of amides is 1. The Labute approximate surface area is 164 Å². The van der Waals surface area contributed by atoms with Crippen LogP contribution >= 0.6 is 11.3 Å². The Bertz CT molecular complexity index is 978. The van der Waals surface area contributed by atoms with E-state index in [1.165, 1.54) is 16.0 Å². The predicted molar refractivity (Wildman–Crippen MR) is 102 cm³/mol. The second-order valence-corrected chi connectivity index (χ2v) is 7.18. The first-order valence-corrected chi connectivity index (χ1v) is 9.61. The van der Waals surface area contributed by atoms with Gasteiger partial charge in [-0.3, -0.25) is 19.6 Å². The lowest BCUT2D eigenvalue weighted by atomic mass is 10.3. The van der Waals surface area contributed by atoms with Crippen molar-refractivity contribution in [1.82, 2.24) is 24.9 Å². The van der Waals surface area contributed by atoms with E-state index in [-0.39, 0.29) is 30.4 Å². The summed E-state index contributed by atoms with van der Waals surface area (Å²) < 4.78 is 7.03. The Hall–Kier alpha value is -3.08. The molecule has 11 heteroatoms. The van der Waals surface area contributed by atoms with Crippen molar-refractivity contribution in [2.45, 2.75) is 40.3 Å². The van der Waals surface area contributed by atoms with E-state index in [2.05, 4.69) is 15.3 Å². The van der Waals surface area contributed by atoms with Crippen LogP contribution in [-0.4, -0.2) is 42.3 Å². The van der Waals surface area contributed by atoms with Gasteiger partial charge >= 0.3 is 5.69 Å². The number of carbonyl (C=O) groups excluding carboxylic acids is 1. The molecule has 0 aliphatic heterocycles. The van der Waals surface area contributed by atoms with Crippen molar-refractivity contribution in [3.8, 4) is 10.8 Å². The van der Waals surface area contributed by atoms with E-state index in [0.717, 1.165) is 11.3 Å². The molecular weight excluding hydrogens is 384 g/mol. The average Bonchev–Trinajstić information content (AvgIpc) is 3.36. The van der Waals surface area contributed by atoms with Crippen LogP contribution < -0.4 is 0 Å². The maximum Gasteiger partial charge on any atom is 0.312 e. The van der Waals surface area contributed by atoms with E-state index in [1.54, 1.807) is 18.7 Å².